The summed E-state index contributed by atoms with van der Waals surface area (Å²) in [6.45, 7) is 14.1. The number of carbonyl (C=O) groups is 3. The lowest BCUT2D eigenvalue weighted by Gasteiger charge is -2.39. The van der Waals surface area contributed by atoms with Gasteiger partial charge in [0.15, 0.2) is 0 Å². The quantitative estimate of drug-likeness (QED) is 0.199. The van der Waals surface area contributed by atoms with E-state index in [0.29, 0.717) is 45.9 Å². The maximum Gasteiger partial charge on any atom is 0.310 e. The van der Waals surface area contributed by atoms with Crippen LogP contribution in [0.25, 0.3) is 0 Å². The molecule has 2 bridgehead atoms. The highest BCUT2D eigenvalue weighted by atomic mass is 32.2. The van der Waals surface area contributed by atoms with E-state index in [1.807, 2.05) is 6.08 Å². The highest BCUT2D eigenvalue weighted by Crippen LogP contribution is 2.66. The monoisotopic (exact) mass is 549 g/mol. The predicted molar refractivity (Wildman–Crippen MR) is 147 cm³/mol. The summed E-state index contributed by atoms with van der Waals surface area (Å²) < 4.78 is 10.4. The normalized spacial score (nSPS) is 31.2. The molecule has 0 aromatic heterocycles. The van der Waals surface area contributed by atoms with Crippen molar-refractivity contribution in [3.63, 3.8) is 0 Å². The first-order valence-electron chi connectivity index (χ1n) is 14.0. The molecule has 6 atom stereocenters. The van der Waals surface area contributed by atoms with Gasteiger partial charge in [0.2, 0.25) is 11.8 Å². The van der Waals surface area contributed by atoms with Gasteiger partial charge in [0, 0.05) is 38.0 Å². The minimum absolute atomic E-state index is 0.0345. The Morgan fingerprint density at radius 2 is 2.05 bits per heavy atom. The van der Waals surface area contributed by atoms with Crippen molar-refractivity contribution in [3.8, 4) is 0 Å². The number of unbranched alkanes of at least 4 members (excludes halogenated alkanes) is 2. The first-order chi connectivity index (χ1) is 18.4. The van der Waals surface area contributed by atoms with Gasteiger partial charge >= 0.3 is 5.97 Å². The average molecular weight is 550 g/mol. The molecule has 4 rings (SSSR count). The van der Waals surface area contributed by atoms with Crippen LogP contribution in [-0.4, -0.2) is 119 Å². The number of rotatable bonds is 14. The zero-order valence-electron chi connectivity index (χ0n) is 22.6. The molecule has 38 heavy (non-hydrogen) atoms. The van der Waals surface area contributed by atoms with Crippen molar-refractivity contribution in [1.82, 2.24) is 14.7 Å². The third-order valence-electron chi connectivity index (χ3n) is 8.48. The fourth-order valence-corrected chi connectivity index (χ4v) is 8.75. The van der Waals surface area contributed by atoms with E-state index in [1.165, 1.54) is 0 Å². The number of morpholine rings is 1. The summed E-state index contributed by atoms with van der Waals surface area (Å²) in [5, 5.41) is 10.0. The molecule has 2 amide bonds. The summed E-state index contributed by atoms with van der Waals surface area (Å²) >= 11 is 1.63. The number of carbonyl (C=O) groups excluding carboxylic acids is 3. The van der Waals surface area contributed by atoms with Crippen LogP contribution in [0.4, 0.5) is 0 Å². The number of ether oxygens (including phenoxy) is 2. The van der Waals surface area contributed by atoms with Gasteiger partial charge in [0.05, 0.1) is 49.1 Å². The number of aliphatic hydroxyl groups is 1. The van der Waals surface area contributed by atoms with Crippen LogP contribution in [0.5, 0.6) is 0 Å². The fourth-order valence-electron chi connectivity index (χ4n) is 6.57. The Hall–Kier alpha value is -1.88. The Kier molecular flexibility index (Phi) is 9.95. The second-order valence-corrected chi connectivity index (χ2v) is 12.4. The number of amides is 2. The first-order valence-corrected chi connectivity index (χ1v) is 14.9. The van der Waals surface area contributed by atoms with E-state index < -0.39 is 28.7 Å². The number of nitrogens with zero attached hydrogens (tertiary/aromatic N) is 3. The number of esters is 1. The molecule has 212 valence electrons. The minimum atomic E-state index is -0.729. The summed E-state index contributed by atoms with van der Waals surface area (Å²) in [6.07, 6.45) is 7.54. The third kappa shape index (κ3) is 5.55. The number of hydrogen-bond donors (Lipinski definition) is 1. The lowest BCUT2D eigenvalue weighted by molar-refractivity contribution is -0.154. The number of aliphatic hydroxyl groups excluding tert-OH is 1. The molecule has 0 aromatic rings. The van der Waals surface area contributed by atoms with Crippen molar-refractivity contribution in [2.45, 2.75) is 61.1 Å². The number of allylic oxidation sites excluding steroid dienone is 1. The number of fused-ring (bicyclic) bond motifs is 1. The molecule has 1 N–H and O–H groups in total. The number of hydrogen-bond acceptors (Lipinski definition) is 8. The van der Waals surface area contributed by atoms with Crippen molar-refractivity contribution in [1.29, 1.82) is 0 Å². The summed E-state index contributed by atoms with van der Waals surface area (Å²) in [6, 6.07) is -1.26. The number of likely N-dealkylation sites (tertiary alicyclic amines) is 1. The van der Waals surface area contributed by atoms with E-state index in [2.05, 4.69) is 18.1 Å². The second kappa shape index (κ2) is 13.0. The zero-order chi connectivity index (χ0) is 27.3. The Bertz CT molecular complexity index is 896. The molecular formula is C28H43N3O6S. The van der Waals surface area contributed by atoms with E-state index in [9.17, 15) is 19.5 Å². The van der Waals surface area contributed by atoms with Crippen molar-refractivity contribution in [2.24, 2.45) is 11.8 Å². The molecule has 1 spiro atoms. The van der Waals surface area contributed by atoms with E-state index in [-0.39, 0.29) is 29.6 Å². The average Bonchev–Trinajstić information content (AvgIpc) is 3.58. The Morgan fingerprint density at radius 1 is 1.29 bits per heavy atom. The molecule has 0 aromatic carbocycles. The lowest BCUT2D eigenvalue weighted by Crippen LogP contribution is -2.57. The predicted octanol–water partition coefficient (Wildman–Crippen LogP) is 1.70. The zero-order valence-corrected chi connectivity index (χ0v) is 23.4. The highest BCUT2D eigenvalue weighted by molar-refractivity contribution is 8.02. The maximum absolute atomic E-state index is 14.3. The van der Waals surface area contributed by atoms with E-state index in [0.717, 1.165) is 38.8 Å². The SMILES string of the molecule is C=CCCCCOC(=O)[C@@H]1[C@@H]2CCC3(S2)C(C(=O)N(CC=C)CCN2CCOCC2)N([C@H](C)CO)C(=O)[C@H]13. The first kappa shape index (κ1) is 29.1. The molecule has 4 saturated heterocycles. The van der Waals surface area contributed by atoms with Crippen molar-refractivity contribution in [2.75, 3.05) is 59.2 Å². The van der Waals surface area contributed by atoms with E-state index >= 15 is 0 Å². The van der Waals surface area contributed by atoms with Crippen LogP contribution in [0.3, 0.4) is 0 Å². The van der Waals surface area contributed by atoms with Crippen LogP contribution >= 0.6 is 11.8 Å². The molecule has 0 saturated carbocycles. The van der Waals surface area contributed by atoms with Gasteiger partial charge in [0.25, 0.3) is 0 Å². The van der Waals surface area contributed by atoms with Crippen molar-refractivity contribution in [3.05, 3.63) is 25.3 Å². The van der Waals surface area contributed by atoms with Gasteiger partial charge < -0.3 is 24.4 Å². The van der Waals surface area contributed by atoms with Gasteiger partial charge in [-0.05, 0) is 39.0 Å². The van der Waals surface area contributed by atoms with Gasteiger partial charge in [0.1, 0.15) is 6.04 Å². The molecule has 10 heteroatoms. The van der Waals surface area contributed by atoms with Crippen LogP contribution in [-0.2, 0) is 23.9 Å². The smallest absolute Gasteiger partial charge is 0.310 e. The minimum Gasteiger partial charge on any atom is -0.465 e. The van der Waals surface area contributed by atoms with Crippen LogP contribution in [0.2, 0.25) is 0 Å². The lowest BCUT2D eigenvalue weighted by atomic mass is 9.71. The van der Waals surface area contributed by atoms with Crippen molar-refractivity contribution < 1.29 is 29.0 Å². The van der Waals surface area contributed by atoms with Crippen LogP contribution in [0, 0.1) is 11.8 Å². The third-order valence-corrected chi connectivity index (χ3v) is 10.4. The summed E-state index contributed by atoms with van der Waals surface area (Å²) in [5.41, 5.74) is 0. The van der Waals surface area contributed by atoms with Gasteiger partial charge in [-0.15, -0.1) is 24.9 Å². The van der Waals surface area contributed by atoms with Gasteiger partial charge in [-0.25, -0.2) is 0 Å². The molecule has 4 heterocycles. The molecule has 4 aliphatic heterocycles. The van der Waals surface area contributed by atoms with Crippen LogP contribution in [0.1, 0.15) is 39.0 Å². The molecule has 0 radical (unpaired) electrons. The van der Waals surface area contributed by atoms with E-state index in [4.69, 9.17) is 9.47 Å². The summed E-state index contributed by atoms with van der Waals surface area (Å²) in [4.78, 5) is 47.2. The summed E-state index contributed by atoms with van der Waals surface area (Å²) in [7, 11) is 0. The topological polar surface area (TPSA) is 99.6 Å². The van der Waals surface area contributed by atoms with Crippen molar-refractivity contribution >= 4 is 29.5 Å². The second-order valence-electron chi connectivity index (χ2n) is 10.8. The van der Waals surface area contributed by atoms with Gasteiger partial charge in [-0.3, -0.25) is 19.3 Å². The van der Waals surface area contributed by atoms with E-state index in [1.54, 1.807) is 34.6 Å². The standard InChI is InChI=1S/C28H43N3O6S/c1-4-6-7-8-16-37-27(35)22-21-9-10-28(38-21)23(22)25(33)31(20(3)19-32)24(28)26(34)30(11-5-2)13-12-29-14-17-36-18-15-29/h4-5,20-24,32H,1-2,6-19H2,3H3/t20-,21+,22-,23+,24?,28?/m1/s1. The Morgan fingerprint density at radius 3 is 2.74 bits per heavy atom. The summed E-state index contributed by atoms with van der Waals surface area (Å²) in [5.74, 6) is -1.84. The Balaban J connectivity index is 1.55. The van der Waals surface area contributed by atoms with Gasteiger partial charge in [-0.1, -0.05) is 12.2 Å². The number of thioether (sulfide) groups is 1. The van der Waals surface area contributed by atoms with Crippen LogP contribution in [0.15, 0.2) is 25.3 Å². The van der Waals surface area contributed by atoms with Gasteiger partial charge in [-0.2, -0.15) is 0 Å². The maximum atomic E-state index is 14.3. The highest BCUT2D eigenvalue weighted by Gasteiger charge is 2.74. The molecule has 4 fully saturated rings. The fraction of sp³-hybridized carbons (Fsp3) is 0.750. The Labute approximate surface area is 230 Å². The van der Waals surface area contributed by atoms with Crippen LogP contribution < -0.4 is 0 Å². The molecule has 9 nitrogen and oxygen atoms in total. The molecule has 2 unspecified atom stereocenters. The molecule has 0 aliphatic carbocycles. The molecule has 4 aliphatic rings. The largest absolute Gasteiger partial charge is 0.465 e. The molecular weight excluding hydrogens is 506 g/mol.